The molecule has 0 aliphatic heterocycles. The molecule has 0 radical (unpaired) electrons. The Hall–Kier alpha value is -11.5. The normalized spacial score (nSPS) is 11.2. The summed E-state index contributed by atoms with van der Waals surface area (Å²) >= 11 is 0. The summed E-state index contributed by atoms with van der Waals surface area (Å²) in [5, 5.41) is 39.2. The number of aliphatic hydroxyl groups is 2. The fraction of sp³-hybridized carbons (Fsp3) is 0.234. The summed E-state index contributed by atoms with van der Waals surface area (Å²) in [5.74, 6) is -3.59. The van der Waals surface area contributed by atoms with Gasteiger partial charge in [-0.2, -0.15) is 0 Å². The first-order chi connectivity index (χ1) is 53.6. The number of amides is 3. The number of ether oxygens (including phenoxy) is 1. The first-order valence-corrected chi connectivity index (χ1v) is 37.0. The molecule has 0 aliphatic carbocycles. The Balaban J connectivity index is 0.000000264. The molecule has 7 N–H and O–H groups in total. The van der Waals surface area contributed by atoms with E-state index in [2.05, 4.69) is 20.5 Å². The van der Waals surface area contributed by atoms with Gasteiger partial charge in [0, 0.05) is 76.9 Å². The molecule has 3 amide bonds. The van der Waals surface area contributed by atoms with E-state index in [4.69, 9.17) is 9.84 Å². The van der Waals surface area contributed by atoms with Crippen molar-refractivity contribution in [1.82, 2.24) is 13.7 Å². The Bertz CT molecular complexity index is 5120. The number of halogens is 3. The van der Waals surface area contributed by atoms with Crippen LogP contribution in [0.25, 0.3) is 67.2 Å². The van der Waals surface area contributed by atoms with E-state index >= 15 is 0 Å². The molecule has 3 aromatic heterocycles. The quantitative estimate of drug-likeness (QED) is 0.0153. The maximum Gasteiger partial charge on any atom is 1.00 e. The molecule has 2 unspecified atom stereocenters. The standard InChI is InChI=1S/C32H33FN2O4.C31H31FN2O4.C29H27FN2O2.2CH4.Na.H2O/c1-21(2)30-29(32(38)34-25-12-8-5-9-13-25)28(22-10-6-4-7-11-22)31(23-14-16-24(33)17-15-23)35(30)19-18-26(36)20-27(37)39-3;1-20(2)29-28(31(38)33-24-11-7-4-8-12-24)27(21-9-5-3-6-10-21)30(22-13-15-23(32)16-14-22)34(29)18-17-25(35)19-26(36)37;1-20(2)27-26(29(34)31-24-12-7-4-8-13-24)25(21-10-5-3-6-11-21)28(32(27)18-9-19-33)22-14-16-23(30)17-15-22;;;;/h4-17,21,26,36H,18-20H2,1-3H3,(H,34,38);3-16,20,25,35H,17-19H2,1-2H3,(H,33,38)(H,36,37);3-8,10-17,19-20H,9,18H2,1-2H3,(H,31,34);2*1H4;;1H2/q;;;;;+1;/p-1. The van der Waals surface area contributed by atoms with Crippen molar-refractivity contribution in [2.24, 2.45) is 0 Å². The molecule has 12 aromatic rings. The van der Waals surface area contributed by atoms with Crippen molar-refractivity contribution in [1.29, 1.82) is 0 Å². The Morgan fingerprint density at radius 1 is 0.391 bits per heavy atom. The van der Waals surface area contributed by atoms with E-state index < -0.39 is 24.1 Å². The van der Waals surface area contributed by atoms with Crippen molar-refractivity contribution < 1.29 is 97.0 Å². The van der Waals surface area contributed by atoms with Gasteiger partial charge < -0.3 is 60.0 Å². The van der Waals surface area contributed by atoms with E-state index in [1.165, 1.54) is 43.5 Å². The fourth-order valence-corrected chi connectivity index (χ4v) is 14.0. The van der Waals surface area contributed by atoms with Crippen molar-refractivity contribution in [3.05, 3.63) is 306 Å². The number of methoxy groups -OCH3 is 1. The van der Waals surface area contributed by atoms with Crippen LogP contribution >= 0.6 is 0 Å². The molecule has 21 heteroatoms. The van der Waals surface area contributed by atoms with Crippen LogP contribution in [0.2, 0.25) is 0 Å². The van der Waals surface area contributed by atoms with Gasteiger partial charge in [0.2, 0.25) is 0 Å². The largest absolute Gasteiger partial charge is 1.00 e. The van der Waals surface area contributed by atoms with Gasteiger partial charge in [0.05, 0.1) is 65.9 Å². The molecule has 2 atom stereocenters. The minimum atomic E-state index is -1.08. The predicted octanol–water partition coefficient (Wildman–Crippen LogP) is 18.2. The van der Waals surface area contributed by atoms with Crippen LogP contribution in [-0.4, -0.2) is 89.8 Å². The number of aldehydes is 1. The van der Waals surface area contributed by atoms with Gasteiger partial charge >= 0.3 is 41.5 Å². The van der Waals surface area contributed by atoms with Crippen LogP contribution in [0.15, 0.2) is 255 Å². The van der Waals surface area contributed by atoms with Gasteiger partial charge in [-0.15, -0.1) is 0 Å². The molecule has 0 fully saturated rings. The monoisotopic (exact) mass is 1570 g/mol. The van der Waals surface area contributed by atoms with Gasteiger partial charge in [-0.3, -0.25) is 24.0 Å². The molecule has 0 spiro atoms. The topological polar surface area (TPSA) is 253 Å². The minimum Gasteiger partial charge on any atom is -0.870 e. The van der Waals surface area contributed by atoms with Crippen LogP contribution in [0.3, 0.4) is 0 Å². The summed E-state index contributed by atoms with van der Waals surface area (Å²) in [6.45, 7) is 13.1. The average Bonchev–Trinajstić information content (AvgIpc) is 1.60. The number of para-hydroxylation sites is 3. The molecule has 0 saturated heterocycles. The maximum absolute atomic E-state index is 14.0. The van der Waals surface area contributed by atoms with Crippen molar-refractivity contribution in [3.8, 4) is 67.2 Å². The number of aromatic nitrogens is 3. The zero-order valence-corrected chi connectivity index (χ0v) is 66.5. The van der Waals surface area contributed by atoms with Crippen molar-refractivity contribution in [2.45, 2.75) is 138 Å². The first-order valence-electron chi connectivity index (χ1n) is 37.0. The predicted molar refractivity (Wildman–Crippen MR) is 447 cm³/mol. The van der Waals surface area contributed by atoms with Crippen LogP contribution < -0.4 is 45.5 Å². The second-order valence-corrected chi connectivity index (χ2v) is 27.7. The number of esters is 1. The summed E-state index contributed by atoms with van der Waals surface area (Å²) in [6, 6.07) is 75.2. The number of nitrogens with one attached hydrogen (secondary N) is 3. The number of carbonyl (C=O) groups excluding carboxylic acids is 5. The molecule has 9 aromatic carbocycles. The van der Waals surface area contributed by atoms with E-state index in [0.717, 1.165) is 73.7 Å². The molecular weight excluding hydrogens is 1470 g/mol. The molecule has 0 aliphatic rings. The van der Waals surface area contributed by atoms with Gasteiger partial charge in [-0.25, -0.2) is 13.2 Å². The van der Waals surface area contributed by atoms with E-state index in [1.54, 1.807) is 36.4 Å². The zero-order chi connectivity index (χ0) is 79.3. The third kappa shape index (κ3) is 23.4. The van der Waals surface area contributed by atoms with Crippen LogP contribution in [-0.2, 0) is 38.8 Å². The maximum atomic E-state index is 14.0. The molecule has 12 rings (SSSR count). The number of carboxylic acids is 1. The number of nitrogens with zero attached hydrogens (tertiary/aromatic N) is 3. The van der Waals surface area contributed by atoms with Crippen LogP contribution in [0.1, 0.15) is 154 Å². The fourth-order valence-electron chi connectivity index (χ4n) is 14.0. The number of carboxylic acid groups (broad SMARTS) is 1. The van der Waals surface area contributed by atoms with E-state index in [0.29, 0.717) is 70.1 Å². The number of aliphatic carboxylic acids is 1. The summed E-state index contributed by atoms with van der Waals surface area (Å²) in [5.41, 5.74) is 15.2. The van der Waals surface area contributed by atoms with Gasteiger partial charge in [-0.1, -0.05) is 202 Å². The summed E-state index contributed by atoms with van der Waals surface area (Å²) in [7, 11) is 1.29. The van der Waals surface area contributed by atoms with Gasteiger partial charge in [0.15, 0.2) is 0 Å². The number of anilines is 3. The molecule has 594 valence electrons. The number of carbonyl (C=O) groups is 6. The third-order valence-electron chi connectivity index (χ3n) is 18.8. The van der Waals surface area contributed by atoms with Gasteiger partial charge in [0.1, 0.15) is 23.7 Å². The van der Waals surface area contributed by atoms with Crippen molar-refractivity contribution >= 4 is 53.0 Å². The average molecular weight is 1570 g/mol. The SMILES string of the molecule is C.C.CC(C)c1c(C(=O)Nc2ccccc2)c(-c2ccccc2)c(-c2ccc(F)cc2)n1CCC(O)CC(=O)O.CC(C)c1c(C(=O)Nc2ccccc2)c(-c2ccccc2)c(-c2ccc(F)cc2)n1CCC=O.COC(=O)CC(O)CCn1c(-c2ccc(F)cc2)c(-c2ccccc2)c(C(=O)Nc2ccccc2)c1C(C)C.[Na+].[OH-]. The summed E-state index contributed by atoms with van der Waals surface area (Å²) in [6.07, 6.45) is -0.888. The number of aliphatic hydroxyl groups excluding tert-OH is 2. The zero-order valence-electron chi connectivity index (χ0n) is 64.5. The summed E-state index contributed by atoms with van der Waals surface area (Å²) < 4.78 is 52.5. The molecule has 0 saturated carbocycles. The molecule has 0 bridgehead atoms. The van der Waals surface area contributed by atoms with Crippen molar-refractivity contribution in [3.63, 3.8) is 0 Å². The van der Waals surface area contributed by atoms with Crippen LogP contribution in [0.4, 0.5) is 30.2 Å². The Morgan fingerprint density at radius 3 is 0.887 bits per heavy atom. The van der Waals surface area contributed by atoms with Gasteiger partial charge in [-0.05, 0) is 173 Å². The van der Waals surface area contributed by atoms with Crippen LogP contribution in [0.5, 0.6) is 0 Å². The number of benzene rings is 9. The second-order valence-electron chi connectivity index (χ2n) is 27.7. The summed E-state index contributed by atoms with van der Waals surface area (Å²) in [4.78, 5) is 76.0. The van der Waals surface area contributed by atoms with Gasteiger partial charge in [0.25, 0.3) is 17.7 Å². The molecule has 17 nitrogen and oxygen atoms in total. The number of rotatable bonds is 28. The smallest absolute Gasteiger partial charge is 0.870 e. The van der Waals surface area contributed by atoms with Crippen LogP contribution in [0, 0.1) is 17.5 Å². The minimum absolute atomic E-state index is 0. The molecule has 3 heterocycles. The Morgan fingerprint density at radius 2 is 0.643 bits per heavy atom. The van der Waals surface area contributed by atoms with E-state index in [-0.39, 0.29) is 135 Å². The first kappa shape index (κ1) is 92.4. The Labute approximate surface area is 693 Å². The number of hydrogen-bond acceptors (Lipinski definition) is 10. The molecule has 115 heavy (non-hydrogen) atoms. The van der Waals surface area contributed by atoms with E-state index in [9.17, 15) is 52.2 Å². The van der Waals surface area contributed by atoms with Crippen molar-refractivity contribution in [2.75, 3.05) is 23.1 Å². The Kier molecular flexibility index (Phi) is 35.5. The second kappa shape index (κ2) is 44.2. The number of hydrogen-bond donors (Lipinski definition) is 6. The van der Waals surface area contributed by atoms with E-state index in [1.807, 2.05) is 233 Å². The third-order valence-corrected chi connectivity index (χ3v) is 18.8. The molecular formula is C94H100F3N6NaO11.